The molecule has 0 radical (unpaired) electrons. The Kier molecular flexibility index (Phi) is 5.21. The largest absolute Gasteiger partial charge is 0.377 e. The van der Waals surface area contributed by atoms with E-state index < -0.39 is 5.91 Å². The molecule has 0 saturated heterocycles. The molecule has 134 valence electrons. The zero-order valence-electron chi connectivity index (χ0n) is 15.5. The molecule has 3 rings (SSSR count). The van der Waals surface area contributed by atoms with Gasteiger partial charge in [0.2, 0.25) is 5.91 Å². The highest BCUT2D eigenvalue weighted by Gasteiger charge is 2.16. The van der Waals surface area contributed by atoms with Crippen molar-refractivity contribution < 1.29 is 4.79 Å². The molecule has 1 aromatic heterocycles. The smallest absolute Gasteiger partial charge is 0.248 e. The Morgan fingerprint density at radius 2 is 1.81 bits per heavy atom. The van der Waals surface area contributed by atoms with E-state index in [4.69, 9.17) is 10.7 Å². The number of benzene rings is 2. The third kappa shape index (κ3) is 4.02. The molecule has 0 bridgehead atoms. The molecule has 0 aliphatic rings. The van der Waals surface area contributed by atoms with Gasteiger partial charge in [-0.2, -0.15) is 0 Å². The molecule has 4 nitrogen and oxygen atoms in total. The van der Waals surface area contributed by atoms with Crippen molar-refractivity contribution >= 4 is 22.5 Å². The molecule has 1 heterocycles. The maximum Gasteiger partial charge on any atom is 0.248 e. The minimum atomic E-state index is -0.403. The van der Waals surface area contributed by atoms with Crippen LogP contribution in [0.3, 0.4) is 0 Å². The predicted octanol–water partition coefficient (Wildman–Crippen LogP) is 4.84. The first-order chi connectivity index (χ1) is 12.4. The molecule has 4 heteroatoms. The number of hydrogen-bond acceptors (Lipinski definition) is 3. The lowest BCUT2D eigenvalue weighted by molar-refractivity contribution is 0.100. The summed E-state index contributed by atoms with van der Waals surface area (Å²) in [4.78, 5) is 16.0. The van der Waals surface area contributed by atoms with E-state index >= 15 is 0 Å². The molecule has 0 spiro atoms. The fourth-order valence-corrected chi connectivity index (χ4v) is 3.18. The van der Waals surface area contributed by atoms with E-state index in [-0.39, 0.29) is 6.04 Å². The van der Waals surface area contributed by atoms with Crippen molar-refractivity contribution in [2.24, 2.45) is 11.7 Å². The van der Waals surface area contributed by atoms with Crippen molar-refractivity contribution in [2.45, 2.75) is 33.2 Å². The van der Waals surface area contributed by atoms with Gasteiger partial charge in [0.25, 0.3) is 0 Å². The summed E-state index contributed by atoms with van der Waals surface area (Å²) in [6.45, 7) is 6.44. The molecular formula is C22H25N3O. The molecule has 26 heavy (non-hydrogen) atoms. The molecule has 0 saturated carbocycles. The summed E-state index contributed by atoms with van der Waals surface area (Å²) in [5.74, 6) is 0.122. The Morgan fingerprint density at radius 3 is 2.46 bits per heavy atom. The van der Waals surface area contributed by atoms with Gasteiger partial charge in [0, 0.05) is 10.9 Å². The van der Waals surface area contributed by atoms with Crippen LogP contribution in [0.4, 0.5) is 5.69 Å². The van der Waals surface area contributed by atoms with Crippen molar-refractivity contribution in [3.63, 3.8) is 0 Å². The van der Waals surface area contributed by atoms with Crippen molar-refractivity contribution in [1.29, 1.82) is 0 Å². The summed E-state index contributed by atoms with van der Waals surface area (Å²) >= 11 is 0. The number of carbonyl (C=O) groups excluding carboxylic acids is 1. The maximum atomic E-state index is 11.3. The third-order valence-corrected chi connectivity index (χ3v) is 4.55. The van der Waals surface area contributed by atoms with E-state index in [1.807, 2.05) is 37.3 Å². The summed E-state index contributed by atoms with van der Waals surface area (Å²) < 4.78 is 0. The molecule has 1 atom stereocenters. The highest BCUT2D eigenvalue weighted by molar-refractivity contribution is 5.92. The monoisotopic (exact) mass is 347 g/mol. The molecule has 2 aromatic carbocycles. The Bertz CT molecular complexity index is 916. The standard InChI is InChI=1S/C22H25N3O/c1-14(2)12-21(16-8-10-17(11-9-16)22(23)26)25-20-13-18-6-4-5-7-19(18)24-15(20)3/h4-11,13-14,21,25H,12H2,1-3H3,(H2,23,26). The Hall–Kier alpha value is -2.88. The fraction of sp³-hybridized carbons (Fsp3) is 0.273. The first-order valence-electron chi connectivity index (χ1n) is 8.96. The zero-order chi connectivity index (χ0) is 18.7. The number of aromatic nitrogens is 1. The average Bonchev–Trinajstić information content (AvgIpc) is 2.61. The highest BCUT2D eigenvalue weighted by Crippen LogP contribution is 2.29. The van der Waals surface area contributed by atoms with Crippen LogP contribution < -0.4 is 11.1 Å². The van der Waals surface area contributed by atoms with Gasteiger partial charge in [-0.05, 0) is 49.1 Å². The van der Waals surface area contributed by atoms with Crippen LogP contribution in [-0.4, -0.2) is 10.9 Å². The molecule has 3 aromatic rings. The topological polar surface area (TPSA) is 68.0 Å². The van der Waals surface area contributed by atoms with E-state index in [0.29, 0.717) is 11.5 Å². The van der Waals surface area contributed by atoms with Crippen LogP contribution >= 0.6 is 0 Å². The zero-order valence-corrected chi connectivity index (χ0v) is 15.5. The van der Waals surface area contributed by atoms with E-state index in [1.165, 1.54) is 0 Å². The number of hydrogen-bond donors (Lipinski definition) is 2. The number of carbonyl (C=O) groups is 1. The number of nitrogens with two attached hydrogens (primary N) is 1. The Morgan fingerprint density at radius 1 is 1.12 bits per heavy atom. The lowest BCUT2D eigenvalue weighted by atomic mass is 9.95. The minimum Gasteiger partial charge on any atom is -0.377 e. The maximum absolute atomic E-state index is 11.3. The number of primary amides is 1. The van der Waals surface area contributed by atoms with Gasteiger partial charge in [0.05, 0.1) is 22.9 Å². The molecule has 3 N–H and O–H groups in total. The van der Waals surface area contributed by atoms with Crippen molar-refractivity contribution in [2.75, 3.05) is 5.32 Å². The second-order valence-electron chi connectivity index (χ2n) is 7.13. The number of aryl methyl sites for hydroxylation is 1. The molecule has 0 aliphatic carbocycles. The Labute approximate surface area is 154 Å². The van der Waals surface area contributed by atoms with Crippen molar-refractivity contribution in [3.8, 4) is 0 Å². The van der Waals surface area contributed by atoms with Gasteiger partial charge in [-0.1, -0.05) is 44.2 Å². The first kappa shape index (κ1) is 17.9. The van der Waals surface area contributed by atoms with Gasteiger partial charge in [-0.15, -0.1) is 0 Å². The average molecular weight is 347 g/mol. The second kappa shape index (κ2) is 7.56. The van der Waals surface area contributed by atoms with Crippen LogP contribution in [0.25, 0.3) is 10.9 Å². The number of fused-ring (bicyclic) bond motifs is 1. The number of pyridine rings is 1. The number of anilines is 1. The molecule has 0 fully saturated rings. The number of nitrogens with zero attached hydrogens (tertiary/aromatic N) is 1. The lowest BCUT2D eigenvalue weighted by Crippen LogP contribution is -2.15. The predicted molar refractivity (Wildman–Crippen MR) is 107 cm³/mol. The van der Waals surface area contributed by atoms with Gasteiger partial charge in [0.15, 0.2) is 0 Å². The lowest BCUT2D eigenvalue weighted by Gasteiger charge is -2.23. The SMILES string of the molecule is Cc1nc2ccccc2cc1NC(CC(C)C)c1ccc(C(N)=O)cc1. The van der Waals surface area contributed by atoms with Crippen molar-refractivity contribution in [3.05, 3.63) is 71.4 Å². The van der Waals surface area contributed by atoms with Crippen LogP contribution in [0.5, 0.6) is 0 Å². The summed E-state index contributed by atoms with van der Waals surface area (Å²) in [5, 5.41) is 4.78. The van der Waals surface area contributed by atoms with Crippen LogP contribution in [0.15, 0.2) is 54.6 Å². The summed E-state index contributed by atoms with van der Waals surface area (Å²) in [6.07, 6.45) is 0.974. The quantitative estimate of drug-likeness (QED) is 0.670. The van der Waals surface area contributed by atoms with E-state index in [2.05, 4.69) is 31.3 Å². The highest BCUT2D eigenvalue weighted by atomic mass is 16.1. The van der Waals surface area contributed by atoms with E-state index in [0.717, 1.165) is 34.3 Å². The molecule has 1 amide bonds. The molecule has 0 aliphatic heterocycles. The van der Waals surface area contributed by atoms with Gasteiger partial charge in [0.1, 0.15) is 0 Å². The summed E-state index contributed by atoms with van der Waals surface area (Å²) in [7, 11) is 0. The normalized spacial score (nSPS) is 12.3. The number of amides is 1. The van der Waals surface area contributed by atoms with Crippen LogP contribution in [0, 0.1) is 12.8 Å². The van der Waals surface area contributed by atoms with Gasteiger partial charge < -0.3 is 11.1 Å². The number of para-hydroxylation sites is 1. The van der Waals surface area contributed by atoms with Crippen LogP contribution in [0.2, 0.25) is 0 Å². The first-order valence-corrected chi connectivity index (χ1v) is 8.96. The third-order valence-electron chi connectivity index (χ3n) is 4.55. The molecule has 1 unspecified atom stereocenters. The second-order valence-corrected chi connectivity index (χ2v) is 7.13. The summed E-state index contributed by atoms with van der Waals surface area (Å²) in [6, 6.07) is 18.0. The van der Waals surface area contributed by atoms with E-state index in [1.54, 1.807) is 12.1 Å². The van der Waals surface area contributed by atoms with Crippen molar-refractivity contribution in [1.82, 2.24) is 4.98 Å². The minimum absolute atomic E-state index is 0.138. The van der Waals surface area contributed by atoms with E-state index in [9.17, 15) is 4.79 Å². The summed E-state index contributed by atoms with van der Waals surface area (Å²) in [5.41, 5.74) is 10.0. The Balaban J connectivity index is 1.93. The molecular weight excluding hydrogens is 322 g/mol. The van der Waals surface area contributed by atoms with Crippen LogP contribution in [0.1, 0.15) is 47.9 Å². The van der Waals surface area contributed by atoms with Gasteiger partial charge in [-0.3, -0.25) is 9.78 Å². The number of nitrogens with one attached hydrogen (secondary N) is 1. The van der Waals surface area contributed by atoms with Crippen LogP contribution in [-0.2, 0) is 0 Å². The van der Waals surface area contributed by atoms with Gasteiger partial charge in [-0.25, -0.2) is 0 Å². The number of rotatable bonds is 6. The fourth-order valence-electron chi connectivity index (χ4n) is 3.18. The van der Waals surface area contributed by atoms with Gasteiger partial charge >= 0.3 is 0 Å².